The fourth-order valence-electron chi connectivity index (χ4n) is 1.78. The first-order chi connectivity index (χ1) is 9.33. The van der Waals surface area contributed by atoms with Gasteiger partial charge in [0.25, 0.3) is 0 Å². The van der Waals surface area contributed by atoms with Crippen molar-refractivity contribution in [1.29, 1.82) is 0 Å². The molecule has 0 fully saturated rings. The smallest absolute Gasteiger partial charge is 0.165 e. The zero-order chi connectivity index (χ0) is 15.3. The Morgan fingerprint density at radius 2 is 1.80 bits per heavy atom. The molecule has 1 aromatic rings. The molecule has 0 aliphatic rings. The average Bonchev–Trinajstić information content (AvgIpc) is 2.42. The predicted molar refractivity (Wildman–Crippen MR) is 76.8 cm³/mol. The number of ether oxygens (including phenoxy) is 3. The van der Waals surface area contributed by atoms with Gasteiger partial charge in [0, 0.05) is 11.6 Å². The van der Waals surface area contributed by atoms with Crippen molar-refractivity contribution < 1.29 is 24.4 Å². The number of hydrogen-bond acceptors (Lipinski definition) is 5. The maximum absolute atomic E-state index is 9.44. The van der Waals surface area contributed by atoms with Crippen LogP contribution in [-0.2, 0) is 5.41 Å². The zero-order valence-corrected chi connectivity index (χ0v) is 12.8. The van der Waals surface area contributed by atoms with Gasteiger partial charge in [0.15, 0.2) is 11.5 Å². The van der Waals surface area contributed by atoms with E-state index in [0.29, 0.717) is 17.2 Å². The standard InChI is InChI=1S/C15H24O5/c1-15(2,3)12-6-11(18-4)7-13(19-5)14(12)20-9-10(17)8-16/h6-7,10,16-17H,8-9H2,1-5H3. The molecule has 1 atom stereocenters. The molecule has 20 heavy (non-hydrogen) atoms. The molecule has 5 nitrogen and oxygen atoms in total. The third-order valence-electron chi connectivity index (χ3n) is 2.92. The van der Waals surface area contributed by atoms with Crippen LogP contribution in [0.25, 0.3) is 0 Å². The van der Waals surface area contributed by atoms with Gasteiger partial charge in [-0.25, -0.2) is 0 Å². The molecule has 0 radical (unpaired) electrons. The average molecular weight is 284 g/mol. The summed E-state index contributed by atoms with van der Waals surface area (Å²) in [6, 6.07) is 3.62. The highest BCUT2D eigenvalue weighted by atomic mass is 16.5. The predicted octanol–water partition coefficient (Wildman–Crippen LogP) is 1.73. The minimum absolute atomic E-state index is 0.00225. The lowest BCUT2D eigenvalue weighted by Gasteiger charge is -2.25. The highest BCUT2D eigenvalue weighted by Gasteiger charge is 2.24. The molecule has 0 amide bonds. The van der Waals surface area contributed by atoms with E-state index < -0.39 is 6.10 Å². The molecule has 0 saturated heterocycles. The van der Waals surface area contributed by atoms with Crippen LogP contribution in [0.3, 0.4) is 0 Å². The van der Waals surface area contributed by atoms with Crippen LogP contribution in [0, 0.1) is 0 Å². The molecule has 1 aromatic carbocycles. The van der Waals surface area contributed by atoms with Crippen molar-refractivity contribution in [2.24, 2.45) is 0 Å². The Morgan fingerprint density at radius 1 is 1.15 bits per heavy atom. The van der Waals surface area contributed by atoms with Crippen molar-refractivity contribution in [2.75, 3.05) is 27.4 Å². The van der Waals surface area contributed by atoms with Gasteiger partial charge in [-0.2, -0.15) is 0 Å². The summed E-state index contributed by atoms with van der Waals surface area (Å²) in [7, 11) is 3.15. The van der Waals surface area contributed by atoms with Crippen molar-refractivity contribution in [1.82, 2.24) is 0 Å². The maximum atomic E-state index is 9.44. The van der Waals surface area contributed by atoms with Gasteiger partial charge in [-0.05, 0) is 11.5 Å². The van der Waals surface area contributed by atoms with Gasteiger partial charge in [-0.1, -0.05) is 20.8 Å². The molecule has 1 unspecified atom stereocenters. The first kappa shape index (κ1) is 16.6. The van der Waals surface area contributed by atoms with Crippen LogP contribution in [0.5, 0.6) is 17.2 Å². The van der Waals surface area contributed by atoms with Crippen LogP contribution in [0.1, 0.15) is 26.3 Å². The zero-order valence-electron chi connectivity index (χ0n) is 12.8. The summed E-state index contributed by atoms with van der Waals surface area (Å²) in [4.78, 5) is 0. The van der Waals surface area contributed by atoms with Crippen LogP contribution in [-0.4, -0.2) is 43.8 Å². The van der Waals surface area contributed by atoms with Crippen molar-refractivity contribution >= 4 is 0 Å². The fourth-order valence-corrected chi connectivity index (χ4v) is 1.78. The maximum Gasteiger partial charge on any atom is 0.165 e. The van der Waals surface area contributed by atoms with Crippen LogP contribution >= 0.6 is 0 Å². The molecule has 0 aliphatic carbocycles. The van der Waals surface area contributed by atoms with Crippen molar-refractivity contribution in [3.05, 3.63) is 17.7 Å². The van der Waals surface area contributed by atoms with E-state index in [1.54, 1.807) is 20.3 Å². The van der Waals surface area contributed by atoms with E-state index in [2.05, 4.69) is 20.8 Å². The van der Waals surface area contributed by atoms with E-state index in [0.717, 1.165) is 5.56 Å². The fraction of sp³-hybridized carbons (Fsp3) is 0.600. The Balaban J connectivity index is 3.23. The minimum Gasteiger partial charge on any atom is -0.497 e. The minimum atomic E-state index is -0.922. The van der Waals surface area contributed by atoms with Crippen LogP contribution in [0.2, 0.25) is 0 Å². The molecular formula is C15H24O5. The highest BCUT2D eigenvalue weighted by molar-refractivity contribution is 5.54. The molecular weight excluding hydrogens is 260 g/mol. The Morgan fingerprint density at radius 3 is 2.25 bits per heavy atom. The highest BCUT2D eigenvalue weighted by Crippen LogP contribution is 2.41. The molecule has 2 N–H and O–H groups in total. The Kier molecular flexibility index (Phi) is 5.65. The van der Waals surface area contributed by atoms with E-state index in [-0.39, 0.29) is 18.6 Å². The van der Waals surface area contributed by atoms with Gasteiger partial charge in [-0.15, -0.1) is 0 Å². The number of methoxy groups -OCH3 is 2. The van der Waals surface area contributed by atoms with E-state index in [9.17, 15) is 5.11 Å². The van der Waals surface area contributed by atoms with Crippen LogP contribution < -0.4 is 14.2 Å². The molecule has 114 valence electrons. The molecule has 0 aromatic heterocycles. The summed E-state index contributed by atoms with van der Waals surface area (Å²) >= 11 is 0. The van der Waals surface area contributed by atoms with Crippen molar-refractivity contribution in [3.8, 4) is 17.2 Å². The topological polar surface area (TPSA) is 68.2 Å². The summed E-state index contributed by atoms with van der Waals surface area (Å²) < 4.78 is 16.3. The number of aliphatic hydroxyl groups is 2. The number of aliphatic hydroxyl groups excluding tert-OH is 2. The molecule has 0 aliphatic heterocycles. The quantitative estimate of drug-likeness (QED) is 0.832. The Bertz CT molecular complexity index is 437. The van der Waals surface area contributed by atoms with E-state index in [4.69, 9.17) is 19.3 Å². The molecule has 0 heterocycles. The lowest BCUT2D eigenvalue weighted by atomic mass is 9.86. The second-order valence-corrected chi connectivity index (χ2v) is 5.60. The van der Waals surface area contributed by atoms with E-state index in [1.165, 1.54) is 0 Å². The monoisotopic (exact) mass is 284 g/mol. The summed E-state index contributed by atoms with van der Waals surface area (Å²) in [6.45, 7) is 5.81. The van der Waals surface area contributed by atoms with Gasteiger partial charge < -0.3 is 24.4 Å². The first-order valence-corrected chi connectivity index (χ1v) is 6.51. The summed E-state index contributed by atoms with van der Waals surface area (Å²) in [5, 5.41) is 18.3. The molecule has 1 rings (SSSR count). The second-order valence-electron chi connectivity index (χ2n) is 5.60. The molecule has 0 saturated carbocycles. The van der Waals surface area contributed by atoms with Gasteiger partial charge >= 0.3 is 0 Å². The number of rotatable bonds is 6. The first-order valence-electron chi connectivity index (χ1n) is 6.51. The second kappa shape index (κ2) is 6.81. The third kappa shape index (κ3) is 4.02. The van der Waals surface area contributed by atoms with Crippen LogP contribution in [0.4, 0.5) is 0 Å². The largest absolute Gasteiger partial charge is 0.497 e. The lowest BCUT2D eigenvalue weighted by molar-refractivity contribution is 0.0520. The summed E-state index contributed by atoms with van der Waals surface area (Å²) in [5.41, 5.74) is 0.736. The molecule has 5 heteroatoms. The van der Waals surface area contributed by atoms with Crippen LogP contribution in [0.15, 0.2) is 12.1 Å². The summed E-state index contributed by atoms with van der Waals surface area (Å²) in [6.07, 6.45) is -0.922. The Labute approximate surface area is 120 Å². The van der Waals surface area contributed by atoms with Gasteiger partial charge in [0.1, 0.15) is 18.5 Å². The number of hydrogen-bond donors (Lipinski definition) is 2. The van der Waals surface area contributed by atoms with Gasteiger partial charge in [-0.3, -0.25) is 0 Å². The van der Waals surface area contributed by atoms with Crippen molar-refractivity contribution in [2.45, 2.75) is 32.3 Å². The SMILES string of the molecule is COc1cc(OC)c(OCC(O)CO)c(C(C)(C)C)c1. The molecule has 0 spiro atoms. The van der Waals surface area contributed by atoms with Crippen molar-refractivity contribution in [3.63, 3.8) is 0 Å². The summed E-state index contributed by atoms with van der Waals surface area (Å²) in [5.74, 6) is 1.79. The van der Waals surface area contributed by atoms with Gasteiger partial charge in [0.2, 0.25) is 0 Å². The third-order valence-corrected chi connectivity index (χ3v) is 2.92. The normalized spacial score (nSPS) is 12.9. The Hall–Kier alpha value is -1.46. The molecule has 0 bridgehead atoms. The lowest BCUT2D eigenvalue weighted by Crippen LogP contribution is -2.23. The van der Waals surface area contributed by atoms with Gasteiger partial charge in [0.05, 0.1) is 20.8 Å². The van der Waals surface area contributed by atoms with E-state index >= 15 is 0 Å². The van der Waals surface area contributed by atoms with E-state index in [1.807, 2.05) is 6.07 Å². The number of benzene rings is 1.